The fourth-order valence-electron chi connectivity index (χ4n) is 2.99. The molecule has 1 amide bonds. The smallest absolute Gasteiger partial charge is 0.273 e. The summed E-state index contributed by atoms with van der Waals surface area (Å²) >= 11 is 0. The van der Waals surface area contributed by atoms with Gasteiger partial charge in [-0.2, -0.15) is 0 Å². The Bertz CT molecular complexity index is 830. The van der Waals surface area contributed by atoms with E-state index >= 15 is 0 Å². The molecule has 2 heterocycles. The fourth-order valence-corrected chi connectivity index (χ4v) is 2.99. The maximum atomic E-state index is 12.6. The third-order valence-electron chi connectivity index (χ3n) is 4.25. The molecular weight excluding hydrogens is 326 g/mol. The molecule has 2 N–H and O–H groups in total. The highest BCUT2D eigenvalue weighted by molar-refractivity contribution is 5.95. The average molecular weight is 345 g/mol. The number of aromatic hydroxyl groups is 1. The minimum absolute atomic E-state index is 0.0264. The van der Waals surface area contributed by atoms with Crippen LogP contribution in [0.2, 0.25) is 0 Å². The molecule has 132 valence electrons. The monoisotopic (exact) mass is 345 g/mol. The van der Waals surface area contributed by atoms with Crippen molar-refractivity contribution in [1.82, 2.24) is 20.1 Å². The fraction of sp³-hybridized carbons (Fsp3) is 0.438. The molecule has 1 aliphatic rings. The number of hydrogen-bond donors (Lipinski definition) is 2. The number of nitro groups is 1. The predicted molar refractivity (Wildman–Crippen MR) is 88.1 cm³/mol. The van der Waals surface area contributed by atoms with Gasteiger partial charge in [-0.25, -0.2) is 0 Å². The summed E-state index contributed by atoms with van der Waals surface area (Å²) in [6, 6.07) is 2.96. The van der Waals surface area contributed by atoms with Gasteiger partial charge >= 0.3 is 0 Å². The minimum Gasteiger partial charge on any atom is -0.508 e. The lowest BCUT2D eigenvalue weighted by atomic mass is 10.0. The number of benzene rings is 1. The van der Waals surface area contributed by atoms with Gasteiger partial charge in [0.1, 0.15) is 11.6 Å². The highest BCUT2D eigenvalue weighted by Crippen LogP contribution is 2.26. The van der Waals surface area contributed by atoms with Gasteiger partial charge in [-0.3, -0.25) is 14.9 Å². The first kappa shape index (κ1) is 16.9. The van der Waals surface area contributed by atoms with E-state index in [0.717, 1.165) is 37.3 Å². The second kappa shape index (κ2) is 6.50. The molecule has 0 aliphatic carbocycles. The van der Waals surface area contributed by atoms with Gasteiger partial charge in [0.2, 0.25) is 0 Å². The van der Waals surface area contributed by atoms with Crippen LogP contribution in [0.3, 0.4) is 0 Å². The molecule has 1 unspecified atom stereocenters. The van der Waals surface area contributed by atoms with Crippen LogP contribution in [-0.4, -0.2) is 30.7 Å². The van der Waals surface area contributed by atoms with Crippen LogP contribution in [0.25, 0.3) is 0 Å². The molecule has 0 fully saturated rings. The number of phenolic OH excluding ortho intramolecular Hbond substituents is 1. The molecule has 0 saturated carbocycles. The number of nitrogens with zero attached hydrogens (tertiary/aromatic N) is 4. The van der Waals surface area contributed by atoms with Gasteiger partial charge < -0.3 is 15.0 Å². The van der Waals surface area contributed by atoms with Crippen molar-refractivity contribution in [2.24, 2.45) is 5.92 Å². The Morgan fingerprint density at radius 2 is 2.12 bits per heavy atom. The molecule has 0 bridgehead atoms. The number of nitrogens with one attached hydrogen (secondary N) is 1. The second-order valence-electron chi connectivity index (χ2n) is 6.42. The summed E-state index contributed by atoms with van der Waals surface area (Å²) < 4.78 is 2.01. The lowest BCUT2D eigenvalue weighted by Crippen LogP contribution is -2.33. The molecule has 1 atom stereocenters. The lowest BCUT2D eigenvalue weighted by Gasteiger charge is -2.22. The van der Waals surface area contributed by atoms with Crippen LogP contribution in [-0.2, 0) is 13.0 Å². The Labute approximate surface area is 143 Å². The number of carbonyl (C=O) groups is 1. The maximum absolute atomic E-state index is 12.6. The van der Waals surface area contributed by atoms with Crippen molar-refractivity contribution < 1.29 is 14.8 Å². The molecule has 0 spiro atoms. The van der Waals surface area contributed by atoms with Crippen molar-refractivity contribution in [1.29, 1.82) is 0 Å². The van der Waals surface area contributed by atoms with Crippen molar-refractivity contribution >= 4 is 11.6 Å². The first-order chi connectivity index (χ1) is 11.9. The highest BCUT2D eigenvalue weighted by Gasteiger charge is 2.28. The van der Waals surface area contributed by atoms with Crippen LogP contribution < -0.4 is 5.32 Å². The van der Waals surface area contributed by atoms with Gasteiger partial charge in [-0.05, 0) is 18.4 Å². The van der Waals surface area contributed by atoms with Crippen molar-refractivity contribution in [3.05, 3.63) is 45.5 Å². The van der Waals surface area contributed by atoms with Gasteiger partial charge in [0, 0.05) is 24.6 Å². The van der Waals surface area contributed by atoms with Crippen LogP contribution in [0.15, 0.2) is 18.2 Å². The zero-order chi connectivity index (χ0) is 18.1. The minimum atomic E-state index is -0.651. The predicted octanol–water partition coefficient (Wildman–Crippen LogP) is 1.97. The van der Waals surface area contributed by atoms with Gasteiger partial charge in [-0.1, -0.05) is 13.8 Å². The molecule has 2 aromatic rings. The van der Waals surface area contributed by atoms with Gasteiger partial charge in [0.05, 0.1) is 17.0 Å². The summed E-state index contributed by atoms with van der Waals surface area (Å²) in [6.07, 6.45) is 1.86. The van der Waals surface area contributed by atoms with Gasteiger partial charge in [-0.15, -0.1) is 10.2 Å². The van der Waals surface area contributed by atoms with E-state index in [2.05, 4.69) is 15.5 Å². The highest BCUT2D eigenvalue weighted by atomic mass is 16.6. The van der Waals surface area contributed by atoms with Crippen molar-refractivity contribution in [3.8, 4) is 5.75 Å². The van der Waals surface area contributed by atoms with Crippen LogP contribution in [0.1, 0.15) is 48.3 Å². The molecule has 1 aromatic heterocycles. The number of aromatic nitrogens is 3. The molecular formula is C16H19N5O4. The van der Waals surface area contributed by atoms with Crippen LogP contribution >= 0.6 is 0 Å². The van der Waals surface area contributed by atoms with E-state index in [-0.39, 0.29) is 29.0 Å². The summed E-state index contributed by atoms with van der Waals surface area (Å²) in [4.78, 5) is 22.8. The average Bonchev–Trinajstić information content (AvgIpc) is 3.15. The number of hydrogen-bond acceptors (Lipinski definition) is 6. The Morgan fingerprint density at radius 1 is 1.36 bits per heavy atom. The first-order valence-corrected chi connectivity index (χ1v) is 8.08. The molecule has 9 heteroatoms. The molecule has 3 rings (SSSR count). The molecule has 9 nitrogen and oxygen atoms in total. The molecule has 25 heavy (non-hydrogen) atoms. The van der Waals surface area contributed by atoms with E-state index in [1.54, 1.807) is 0 Å². The maximum Gasteiger partial charge on any atom is 0.273 e. The van der Waals surface area contributed by atoms with Crippen molar-refractivity contribution in [3.63, 3.8) is 0 Å². The number of amides is 1. The zero-order valence-electron chi connectivity index (χ0n) is 14.0. The van der Waals surface area contributed by atoms with Gasteiger partial charge in [0.15, 0.2) is 5.82 Å². The van der Waals surface area contributed by atoms with E-state index in [1.807, 2.05) is 18.4 Å². The third-order valence-corrected chi connectivity index (χ3v) is 4.25. The van der Waals surface area contributed by atoms with E-state index < -0.39 is 10.8 Å². The number of rotatable bonds is 5. The standard InChI is InChI=1S/C16H19N5O4/c1-9(2)14(15-19-18-13-4-3-5-20(13)15)17-16(23)10-6-11(21(24)25)8-12(22)7-10/h6-9,14,22H,3-5H2,1-2H3,(H,17,23). The third kappa shape index (κ3) is 3.30. The molecule has 1 aliphatic heterocycles. The Hall–Kier alpha value is -2.97. The summed E-state index contributed by atoms with van der Waals surface area (Å²) in [6.45, 7) is 4.72. The number of non-ortho nitro benzene ring substituents is 1. The van der Waals surface area contributed by atoms with Crippen molar-refractivity contribution in [2.45, 2.75) is 39.3 Å². The topological polar surface area (TPSA) is 123 Å². The number of phenols is 1. The largest absolute Gasteiger partial charge is 0.508 e. The second-order valence-corrected chi connectivity index (χ2v) is 6.42. The van der Waals surface area contributed by atoms with Crippen LogP contribution in [0, 0.1) is 16.0 Å². The SMILES string of the molecule is CC(C)C(NC(=O)c1cc(O)cc([N+](=O)[O-])c1)c1nnc2n1CCC2. The Balaban J connectivity index is 1.88. The van der Waals surface area contributed by atoms with E-state index in [4.69, 9.17) is 0 Å². The molecule has 1 aromatic carbocycles. The van der Waals surface area contributed by atoms with E-state index in [1.165, 1.54) is 6.07 Å². The number of nitro benzene ring substituents is 1. The van der Waals surface area contributed by atoms with E-state index in [0.29, 0.717) is 5.82 Å². The van der Waals surface area contributed by atoms with E-state index in [9.17, 15) is 20.0 Å². The van der Waals surface area contributed by atoms with Gasteiger partial charge in [0.25, 0.3) is 11.6 Å². The number of fused-ring (bicyclic) bond motifs is 1. The van der Waals surface area contributed by atoms with Crippen LogP contribution in [0.5, 0.6) is 5.75 Å². The van der Waals surface area contributed by atoms with Crippen LogP contribution in [0.4, 0.5) is 5.69 Å². The summed E-state index contributed by atoms with van der Waals surface area (Å²) in [7, 11) is 0. The van der Waals surface area contributed by atoms with Crippen molar-refractivity contribution in [2.75, 3.05) is 0 Å². The zero-order valence-corrected chi connectivity index (χ0v) is 14.0. The summed E-state index contributed by atoms with van der Waals surface area (Å²) in [5.74, 6) is 0.801. The molecule has 0 saturated heterocycles. The Morgan fingerprint density at radius 3 is 2.80 bits per heavy atom. The number of aryl methyl sites for hydroxylation is 1. The first-order valence-electron chi connectivity index (χ1n) is 8.08. The normalized spacial score (nSPS) is 14.4. The Kier molecular flexibility index (Phi) is 4.39. The number of carbonyl (C=O) groups excluding carboxylic acids is 1. The quantitative estimate of drug-likeness (QED) is 0.631. The molecule has 0 radical (unpaired) electrons. The summed E-state index contributed by atoms with van der Waals surface area (Å²) in [5, 5.41) is 31.8. The lowest BCUT2D eigenvalue weighted by molar-refractivity contribution is -0.385. The summed E-state index contributed by atoms with van der Waals surface area (Å²) in [5.41, 5.74) is -0.312.